The van der Waals surface area contributed by atoms with Crippen LogP contribution in [0.2, 0.25) is 0 Å². The zero-order chi connectivity index (χ0) is 24.5. The van der Waals surface area contributed by atoms with Crippen LogP contribution in [0.3, 0.4) is 0 Å². The third-order valence-corrected chi connectivity index (χ3v) is 4.84. The van der Waals surface area contributed by atoms with Crippen LogP contribution in [0.1, 0.15) is 59.6 Å². The maximum atomic E-state index is 14.0. The Morgan fingerprint density at radius 2 is 1.66 bits per heavy atom. The zero-order valence-electron chi connectivity index (χ0n) is 20.7. The van der Waals surface area contributed by atoms with E-state index in [1.807, 2.05) is 76.3 Å². The summed E-state index contributed by atoms with van der Waals surface area (Å²) in [6, 6.07) is 5.95. The molecule has 0 aromatic heterocycles. The lowest BCUT2D eigenvalue weighted by molar-refractivity contribution is 0.268. The fourth-order valence-electron chi connectivity index (χ4n) is 2.61. The summed E-state index contributed by atoms with van der Waals surface area (Å²) in [5.41, 5.74) is 4.95. The van der Waals surface area contributed by atoms with Gasteiger partial charge in [-0.3, -0.25) is 0 Å². The van der Waals surface area contributed by atoms with E-state index in [0.29, 0.717) is 23.6 Å². The summed E-state index contributed by atoms with van der Waals surface area (Å²) in [5, 5.41) is 3.35. The van der Waals surface area contributed by atoms with Crippen LogP contribution in [0, 0.1) is 0 Å². The summed E-state index contributed by atoms with van der Waals surface area (Å²) >= 11 is 0. The number of ether oxygens (including phenoxy) is 1. The number of halogens is 1. The molecule has 0 unspecified atom stereocenters. The van der Waals surface area contributed by atoms with E-state index in [1.54, 1.807) is 20.8 Å². The average Bonchev–Trinajstić information content (AvgIpc) is 2.68. The van der Waals surface area contributed by atoms with Crippen molar-refractivity contribution in [3.05, 3.63) is 102 Å². The van der Waals surface area contributed by atoms with Crippen LogP contribution in [0.5, 0.6) is 5.75 Å². The molecule has 1 aromatic carbocycles. The Morgan fingerprint density at radius 1 is 1.03 bits per heavy atom. The minimum Gasteiger partial charge on any atom is -0.457 e. The highest BCUT2D eigenvalue weighted by Gasteiger charge is 2.16. The van der Waals surface area contributed by atoms with E-state index >= 15 is 0 Å². The van der Waals surface area contributed by atoms with E-state index in [0.717, 1.165) is 33.5 Å². The first-order chi connectivity index (χ1) is 14.8. The molecule has 2 nitrogen and oxygen atoms in total. The molecule has 3 heteroatoms. The topological polar surface area (TPSA) is 21.3 Å². The maximum Gasteiger partial charge on any atom is 0.128 e. The Balaban J connectivity index is 3.10. The molecule has 0 aliphatic rings. The Labute approximate surface area is 194 Å². The van der Waals surface area contributed by atoms with Crippen LogP contribution in [-0.2, 0) is 0 Å². The number of benzene rings is 1. The second-order valence-corrected chi connectivity index (χ2v) is 8.69. The van der Waals surface area contributed by atoms with Crippen molar-refractivity contribution in [2.75, 3.05) is 6.54 Å². The van der Waals surface area contributed by atoms with Gasteiger partial charge in [0.1, 0.15) is 17.2 Å². The van der Waals surface area contributed by atoms with Crippen molar-refractivity contribution in [3.63, 3.8) is 0 Å². The van der Waals surface area contributed by atoms with Gasteiger partial charge in [-0.1, -0.05) is 54.7 Å². The van der Waals surface area contributed by atoms with Gasteiger partial charge in [0, 0.05) is 17.8 Å². The Bertz CT molecular complexity index is 981. The first-order valence-electron chi connectivity index (χ1n) is 10.8. The zero-order valence-corrected chi connectivity index (χ0v) is 20.7. The molecule has 0 amide bonds. The van der Waals surface area contributed by atoms with Crippen LogP contribution in [-0.4, -0.2) is 12.2 Å². The molecule has 0 spiro atoms. The molecule has 0 fully saturated rings. The van der Waals surface area contributed by atoms with Crippen molar-refractivity contribution in [2.45, 2.75) is 54.1 Å². The molecule has 0 heterocycles. The van der Waals surface area contributed by atoms with Crippen molar-refractivity contribution in [1.82, 2.24) is 5.32 Å². The van der Waals surface area contributed by atoms with E-state index in [4.69, 9.17) is 4.74 Å². The highest BCUT2D eigenvalue weighted by Crippen LogP contribution is 2.27. The lowest BCUT2D eigenvalue weighted by Crippen LogP contribution is -2.15. The first kappa shape index (κ1) is 27.0. The number of rotatable bonds is 11. The highest BCUT2D eigenvalue weighted by atomic mass is 19.1. The van der Waals surface area contributed by atoms with Crippen molar-refractivity contribution >= 4 is 11.3 Å². The second kappa shape index (κ2) is 12.1. The van der Waals surface area contributed by atoms with Gasteiger partial charge < -0.3 is 10.1 Å². The summed E-state index contributed by atoms with van der Waals surface area (Å²) in [6.07, 6.45) is 9.47. The quantitative estimate of drug-likeness (QED) is 0.279. The van der Waals surface area contributed by atoms with E-state index < -0.39 is 5.67 Å². The molecule has 1 N–H and O–H groups in total. The van der Waals surface area contributed by atoms with Crippen molar-refractivity contribution in [1.29, 1.82) is 0 Å². The Morgan fingerprint density at radius 3 is 2.19 bits per heavy atom. The molecule has 0 bridgehead atoms. The van der Waals surface area contributed by atoms with Gasteiger partial charge in [-0.05, 0) is 90.0 Å². The van der Waals surface area contributed by atoms with Gasteiger partial charge in [0.25, 0.3) is 0 Å². The summed E-state index contributed by atoms with van der Waals surface area (Å²) in [5.74, 6) is 1.41. The lowest BCUT2D eigenvalue weighted by Gasteiger charge is -2.15. The molecule has 172 valence electrons. The molecule has 0 radical (unpaired) electrons. The number of allylic oxidation sites excluding steroid dienone is 8. The molecule has 0 aliphatic heterocycles. The van der Waals surface area contributed by atoms with Crippen molar-refractivity contribution in [2.24, 2.45) is 0 Å². The van der Waals surface area contributed by atoms with Crippen LogP contribution < -0.4 is 10.1 Å². The molecule has 1 rings (SSSR count). The molecule has 0 aliphatic carbocycles. The predicted molar refractivity (Wildman–Crippen MR) is 139 cm³/mol. The normalized spacial score (nSPS) is 13.3. The predicted octanol–water partition coefficient (Wildman–Crippen LogP) is 8.34. The first-order valence-corrected chi connectivity index (χ1v) is 10.8. The van der Waals surface area contributed by atoms with E-state index in [2.05, 4.69) is 25.1 Å². The largest absolute Gasteiger partial charge is 0.457 e. The highest BCUT2D eigenvalue weighted by molar-refractivity contribution is 5.71. The summed E-state index contributed by atoms with van der Waals surface area (Å²) in [6.45, 7) is 25.5. The number of alkyl halides is 1. The fraction of sp³-hybridized carbons (Fsp3) is 0.310. The lowest BCUT2D eigenvalue weighted by atomic mass is 10.0. The minimum atomic E-state index is -1.32. The van der Waals surface area contributed by atoms with Gasteiger partial charge in [-0.15, -0.1) is 0 Å². The van der Waals surface area contributed by atoms with Gasteiger partial charge in [-0.25, -0.2) is 4.39 Å². The number of hydrogen-bond donors (Lipinski definition) is 1. The van der Waals surface area contributed by atoms with Gasteiger partial charge >= 0.3 is 0 Å². The summed E-state index contributed by atoms with van der Waals surface area (Å²) in [4.78, 5) is 0. The van der Waals surface area contributed by atoms with E-state index in [9.17, 15) is 4.39 Å². The van der Waals surface area contributed by atoms with E-state index in [-0.39, 0.29) is 0 Å². The molecule has 1 aromatic rings. The Kier molecular flexibility index (Phi) is 10.2. The molecular formula is C29H38FNO. The van der Waals surface area contributed by atoms with Crippen molar-refractivity contribution in [3.8, 4) is 5.75 Å². The van der Waals surface area contributed by atoms with Gasteiger partial charge in [0.05, 0.1) is 0 Å². The van der Waals surface area contributed by atoms with Gasteiger partial charge in [0.2, 0.25) is 0 Å². The summed E-state index contributed by atoms with van der Waals surface area (Å²) in [7, 11) is 0. The summed E-state index contributed by atoms with van der Waals surface area (Å²) < 4.78 is 20.1. The van der Waals surface area contributed by atoms with Crippen LogP contribution in [0.4, 0.5) is 4.39 Å². The second-order valence-electron chi connectivity index (χ2n) is 8.69. The number of hydrogen-bond acceptors (Lipinski definition) is 2. The average molecular weight is 436 g/mol. The molecule has 0 atom stereocenters. The fourth-order valence-corrected chi connectivity index (χ4v) is 2.61. The molecule has 0 saturated heterocycles. The third-order valence-electron chi connectivity index (χ3n) is 4.84. The SMILES string of the molecule is C=C(C)/C=C(\C=C/C)Oc1cc(C(=C)C)cc(C(=C)NC/C(C)=C/C=C(\C)C(C)(C)F)c1. The van der Waals surface area contributed by atoms with Crippen molar-refractivity contribution < 1.29 is 9.13 Å². The van der Waals surface area contributed by atoms with Crippen LogP contribution >= 0.6 is 0 Å². The smallest absolute Gasteiger partial charge is 0.128 e. The van der Waals surface area contributed by atoms with Crippen LogP contribution in [0.25, 0.3) is 11.3 Å². The third kappa shape index (κ3) is 9.38. The maximum absolute atomic E-state index is 14.0. The standard InChI is InChI=1S/C29H38FNO/c1-11-12-27(15-20(2)3)32-28-17-25(21(4)5)16-26(18-28)24(8)31-19-22(6)13-14-23(7)29(9,10)30/h11-18,31H,2,4,8,19H2,1,3,5-7,9-10H3/b12-11-,22-13+,23-14+,27-15+. The number of nitrogens with one attached hydrogen (secondary N) is 1. The van der Waals surface area contributed by atoms with Crippen LogP contribution in [0.15, 0.2) is 90.8 Å². The van der Waals surface area contributed by atoms with Gasteiger partial charge in [-0.2, -0.15) is 0 Å². The monoisotopic (exact) mass is 435 g/mol. The molecule has 32 heavy (non-hydrogen) atoms. The molecular weight excluding hydrogens is 397 g/mol. The van der Waals surface area contributed by atoms with Gasteiger partial charge in [0.15, 0.2) is 0 Å². The van der Waals surface area contributed by atoms with E-state index in [1.165, 1.54) is 0 Å². The minimum absolute atomic E-state index is 0.599. The Hall–Kier alpha value is -3.07. The molecule has 0 saturated carbocycles.